The van der Waals surface area contributed by atoms with E-state index in [1.807, 2.05) is 6.07 Å². The predicted molar refractivity (Wildman–Crippen MR) is 91.9 cm³/mol. The number of benzene rings is 2. The van der Waals surface area contributed by atoms with Gasteiger partial charge in [0, 0.05) is 11.4 Å². The molecule has 0 heterocycles. The molecule has 0 aliphatic carbocycles. The number of carbonyl (C=O) groups is 2. The minimum Gasteiger partial charge on any atom is -0.344 e. The first-order valence-corrected chi connectivity index (χ1v) is 8.37. The SMILES string of the molecule is O=C(NCc1ccc(Cl)c(C(F)(F)F)c1)C(=O)NNSc1ccccc1. The van der Waals surface area contributed by atoms with Crippen molar-refractivity contribution in [1.29, 1.82) is 0 Å². The Morgan fingerprint density at radius 3 is 2.38 bits per heavy atom. The van der Waals surface area contributed by atoms with Crippen molar-refractivity contribution in [2.75, 3.05) is 0 Å². The van der Waals surface area contributed by atoms with E-state index in [1.165, 1.54) is 6.07 Å². The smallest absolute Gasteiger partial charge is 0.344 e. The van der Waals surface area contributed by atoms with Gasteiger partial charge in [-0.1, -0.05) is 35.9 Å². The second-order valence-electron chi connectivity index (χ2n) is 4.97. The van der Waals surface area contributed by atoms with Crippen molar-refractivity contribution in [3.63, 3.8) is 0 Å². The van der Waals surface area contributed by atoms with Crippen LogP contribution in [0.4, 0.5) is 13.2 Å². The van der Waals surface area contributed by atoms with Gasteiger partial charge in [-0.15, -0.1) is 0 Å². The van der Waals surface area contributed by atoms with Gasteiger partial charge >= 0.3 is 18.0 Å². The molecular formula is C16H13ClF3N3O2S. The van der Waals surface area contributed by atoms with Crippen molar-refractivity contribution >= 4 is 35.4 Å². The molecule has 0 aliphatic heterocycles. The van der Waals surface area contributed by atoms with Gasteiger partial charge in [-0.05, 0) is 41.8 Å². The molecule has 26 heavy (non-hydrogen) atoms. The van der Waals surface area contributed by atoms with Crippen molar-refractivity contribution in [1.82, 2.24) is 15.6 Å². The molecule has 0 atom stereocenters. The third-order valence-corrected chi connectivity index (χ3v) is 4.11. The molecule has 5 nitrogen and oxygen atoms in total. The molecule has 0 aliphatic rings. The summed E-state index contributed by atoms with van der Waals surface area (Å²) in [6, 6.07) is 12.3. The van der Waals surface area contributed by atoms with Gasteiger partial charge in [-0.2, -0.15) is 18.0 Å². The number of hydrogen-bond donors (Lipinski definition) is 3. The van der Waals surface area contributed by atoms with Crippen molar-refractivity contribution < 1.29 is 22.8 Å². The minimum absolute atomic E-state index is 0.162. The quantitative estimate of drug-likeness (QED) is 0.407. The zero-order chi connectivity index (χ0) is 19.2. The third-order valence-electron chi connectivity index (χ3n) is 3.07. The molecule has 0 radical (unpaired) electrons. The van der Waals surface area contributed by atoms with Crippen LogP contribution < -0.4 is 15.6 Å². The zero-order valence-electron chi connectivity index (χ0n) is 13.1. The van der Waals surface area contributed by atoms with Crippen molar-refractivity contribution in [3.8, 4) is 0 Å². The highest BCUT2D eigenvalue weighted by Gasteiger charge is 2.33. The highest BCUT2D eigenvalue weighted by atomic mass is 35.5. The standard InChI is InChI=1S/C16H13ClF3N3O2S/c17-13-7-6-10(8-12(13)16(18,19)20)9-21-14(24)15(25)22-23-26-11-4-2-1-3-5-11/h1-8,23H,9H2,(H,21,24)(H,22,25). The molecule has 138 valence electrons. The van der Waals surface area contributed by atoms with E-state index in [2.05, 4.69) is 15.6 Å². The molecule has 0 spiro atoms. The predicted octanol–water partition coefficient (Wildman–Crippen LogP) is 3.30. The number of rotatable bonds is 5. The van der Waals surface area contributed by atoms with Gasteiger partial charge in [0.15, 0.2) is 0 Å². The lowest BCUT2D eigenvalue weighted by Gasteiger charge is -2.11. The first-order valence-electron chi connectivity index (χ1n) is 7.18. The van der Waals surface area contributed by atoms with E-state index >= 15 is 0 Å². The number of carbonyl (C=O) groups excluding carboxylic acids is 2. The molecule has 10 heteroatoms. The monoisotopic (exact) mass is 403 g/mol. The van der Waals surface area contributed by atoms with Crippen LogP contribution in [0.1, 0.15) is 11.1 Å². The average molecular weight is 404 g/mol. The summed E-state index contributed by atoms with van der Waals surface area (Å²) in [5.74, 6) is -1.96. The normalized spacial score (nSPS) is 11.1. The summed E-state index contributed by atoms with van der Waals surface area (Å²) in [4.78, 5) is 26.6. The largest absolute Gasteiger partial charge is 0.417 e. The summed E-state index contributed by atoms with van der Waals surface area (Å²) >= 11 is 6.61. The Morgan fingerprint density at radius 2 is 1.73 bits per heavy atom. The number of amides is 2. The van der Waals surface area contributed by atoms with Crippen LogP contribution in [-0.4, -0.2) is 11.8 Å². The fraction of sp³-hybridized carbons (Fsp3) is 0.125. The molecule has 2 aromatic carbocycles. The van der Waals surface area contributed by atoms with Crippen molar-refractivity contribution in [2.24, 2.45) is 0 Å². The Kier molecular flexibility index (Phi) is 6.90. The highest BCUT2D eigenvalue weighted by molar-refractivity contribution is 7.97. The van der Waals surface area contributed by atoms with E-state index in [9.17, 15) is 22.8 Å². The van der Waals surface area contributed by atoms with Gasteiger partial charge in [0.25, 0.3) is 0 Å². The molecular weight excluding hydrogens is 391 g/mol. The summed E-state index contributed by atoms with van der Waals surface area (Å²) in [5, 5.41) is 1.80. The lowest BCUT2D eigenvalue weighted by Crippen LogP contribution is -2.43. The lowest BCUT2D eigenvalue weighted by molar-refractivity contribution is -0.139. The molecule has 0 fully saturated rings. The van der Waals surface area contributed by atoms with Crippen LogP contribution in [-0.2, 0) is 22.3 Å². The van der Waals surface area contributed by atoms with Crippen LogP contribution in [0.5, 0.6) is 0 Å². The van der Waals surface area contributed by atoms with Crippen LogP contribution >= 0.6 is 23.5 Å². The van der Waals surface area contributed by atoms with E-state index in [1.54, 1.807) is 24.3 Å². The van der Waals surface area contributed by atoms with Gasteiger partial charge in [-0.25, -0.2) is 0 Å². The molecule has 3 N–H and O–H groups in total. The van der Waals surface area contributed by atoms with Crippen LogP contribution in [0.25, 0.3) is 0 Å². The molecule has 0 bridgehead atoms. The zero-order valence-corrected chi connectivity index (χ0v) is 14.6. The van der Waals surface area contributed by atoms with Gasteiger partial charge < -0.3 is 5.32 Å². The number of alkyl halides is 3. The second-order valence-corrected chi connectivity index (χ2v) is 6.25. The number of halogens is 4. The summed E-state index contributed by atoms with van der Waals surface area (Å²) in [7, 11) is 0. The molecule has 2 rings (SSSR count). The fourth-order valence-electron chi connectivity index (χ4n) is 1.84. The van der Waals surface area contributed by atoms with E-state index < -0.39 is 28.6 Å². The van der Waals surface area contributed by atoms with E-state index in [0.717, 1.165) is 29.0 Å². The molecule has 0 saturated carbocycles. The maximum atomic E-state index is 12.8. The van der Waals surface area contributed by atoms with E-state index in [4.69, 9.17) is 11.6 Å². The summed E-state index contributed by atoms with van der Waals surface area (Å²) in [5.41, 5.74) is 1.33. The number of nitrogens with one attached hydrogen (secondary N) is 3. The Labute approximate surface area is 156 Å². The topological polar surface area (TPSA) is 70.2 Å². The first kappa shape index (κ1) is 20.1. The van der Waals surface area contributed by atoms with Crippen LogP contribution in [0, 0.1) is 0 Å². The highest BCUT2D eigenvalue weighted by Crippen LogP contribution is 2.35. The van der Waals surface area contributed by atoms with Crippen LogP contribution in [0.15, 0.2) is 53.4 Å². The Bertz CT molecular complexity index is 788. The number of hydrazine groups is 1. The fourth-order valence-corrected chi connectivity index (χ4v) is 2.62. The molecule has 0 unspecified atom stereocenters. The number of hydrogen-bond acceptors (Lipinski definition) is 4. The molecule has 0 aromatic heterocycles. The van der Waals surface area contributed by atoms with Crippen molar-refractivity contribution in [3.05, 3.63) is 64.7 Å². The first-order chi connectivity index (χ1) is 12.3. The third kappa shape index (κ3) is 5.94. The minimum atomic E-state index is -4.60. The summed E-state index contributed by atoms with van der Waals surface area (Å²) < 4.78 is 38.4. The molecule has 0 saturated heterocycles. The van der Waals surface area contributed by atoms with E-state index in [0.29, 0.717) is 0 Å². The van der Waals surface area contributed by atoms with Gasteiger partial charge in [0.2, 0.25) is 0 Å². The molecule has 2 amide bonds. The summed E-state index contributed by atoms with van der Waals surface area (Å²) in [6.07, 6.45) is -4.60. The maximum Gasteiger partial charge on any atom is 0.417 e. The Balaban J connectivity index is 1.83. The molecule has 2 aromatic rings. The van der Waals surface area contributed by atoms with Gasteiger partial charge in [-0.3, -0.25) is 15.0 Å². The average Bonchev–Trinajstić information content (AvgIpc) is 2.60. The van der Waals surface area contributed by atoms with Crippen LogP contribution in [0.2, 0.25) is 5.02 Å². The van der Waals surface area contributed by atoms with Gasteiger partial charge in [0.05, 0.1) is 10.6 Å². The van der Waals surface area contributed by atoms with E-state index in [-0.39, 0.29) is 12.1 Å². The Morgan fingerprint density at radius 1 is 1.04 bits per heavy atom. The van der Waals surface area contributed by atoms with Crippen LogP contribution in [0.3, 0.4) is 0 Å². The Hall–Kier alpha value is -2.23. The van der Waals surface area contributed by atoms with Gasteiger partial charge in [0.1, 0.15) is 0 Å². The van der Waals surface area contributed by atoms with Crippen molar-refractivity contribution in [2.45, 2.75) is 17.6 Å². The maximum absolute atomic E-state index is 12.8. The second kappa shape index (κ2) is 8.93. The lowest BCUT2D eigenvalue weighted by atomic mass is 10.1. The summed E-state index contributed by atoms with van der Waals surface area (Å²) in [6.45, 7) is -0.252.